The zero-order valence-corrected chi connectivity index (χ0v) is 12.9. The number of ether oxygens (including phenoxy) is 3. The van der Waals surface area contributed by atoms with Crippen LogP contribution in [0, 0.1) is 0 Å². The molecule has 0 aliphatic heterocycles. The largest absolute Gasteiger partial charge is 0.490 e. The predicted octanol–water partition coefficient (Wildman–Crippen LogP) is 4.03. The van der Waals surface area contributed by atoms with E-state index < -0.39 is 0 Å². The molecule has 112 valence electrons. The van der Waals surface area contributed by atoms with E-state index in [4.69, 9.17) is 25.8 Å². The molecule has 1 aliphatic rings. The Morgan fingerprint density at radius 1 is 1.10 bits per heavy atom. The van der Waals surface area contributed by atoms with Crippen molar-refractivity contribution in [1.29, 1.82) is 0 Å². The number of rotatable bonds is 8. The van der Waals surface area contributed by atoms with Gasteiger partial charge in [0.2, 0.25) is 0 Å². The zero-order chi connectivity index (χ0) is 14.4. The van der Waals surface area contributed by atoms with Gasteiger partial charge in [-0.3, -0.25) is 0 Å². The van der Waals surface area contributed by atoms with Crippen molar-refractivity contribution < 1.29 is 14.2 Å². The summed E-state index contributed by atoms with van der Waals surface area (Å²) in [6, 6.07) is 7.77. The molecule has 3 unspecified atom stereocenters. The van der Waals surface area contributed by atoms with Gasteiger partial charge >= 0.3 is 0 Å². The van der Waals surface area contributed by atoms with E-state index in [1.165, 1.54) is 0 Å². The number of hydrogen-bond acceptors (Lipinski definition) is 3. The number of hydrogen-bond donors (Lipinski definition) is 0. The van der Waals surface area contributed by atoms with Gasteiger partial charge in [-0.2, -0.15) is 0 Å². The fourth-order valence-corrected chi connectivity index (χ4v) is 2.56. The van der Waals surface area contributed by atoms with E-state index in [0.717, 1.165) is 37.4 Å². The van der Waals surface area contributed by atoms with Crippen LogP contribution in [0.3, 0.4) is 0 Å². The lowest BCUT2D eigenvalue weighted by molar-refractivity contribution is -0.0804. The summed E-state index contributed by atoms with van der Waals surface area (Å²) in [4.78, 5) is 0. The second kappa shape index (κ2) is 7.75. The van der Waals surface area contributed by atoms with E-state index >= 15 is 0 Å². The van der Waals surface area contributed by atoms with Crippen molar-refractivity contribution in [2.24, 2.45) is 0 Å². The first-order chi connectivity index (χ1) is 9.76. The average molecular weight is 299 g/mol. The molecule has 1 aromatic carbocycles. The van der Waals surface area contributed by atoms with Crippen molar-refractivity contribution in [2.75, 3.05) is 13.2 Å². The molecule has 1 aromatic rings. The van der Waals surface area contributed by atoms with Crippen molar-refractivity contribution in [3.63, 3.8) is 0 Å². The van der Waals surface area contributed by atoms with E-state index in [1.807, 2.05) is 24.3 Å². The Morgan fingerprint density at radius 2 is 1.80 bits per heavy atom. The molecular weight excluding hydrogens is 276 g/mol. The summed E-state index contributed by atoms with van der Waals surface area (Å²) < 4.78 is 17.5. The van der Waals surface area contributed by atoms with Crippen LogP contribution in [0.2, 0.25) is 0 Å². The fourth-order valence-electron chi connectivity index (χ4n) is 2.15. The second-order valence-corrected chi connectivity index (χ2v) is 5.60. The molecule has 2 rings (SSSR count). The van der Waals surface area contributed by atoms with Crippen molar-refractivity contribution in [3.8, 4) is 11.5 Å². The minimum Gasteiger partial charge on any atom is -0.490 e. The first-order valence-electron chi connectivity index (χ1n) is 7.40. The first-order valence-corrected chi connectivity index (χ1v) is 7.84. The maximum atomic E-state index is 6.20. The molecule has 0 saturated heterocycles. The summed E-state index contributed by atoms with van der Waals surface area (Å²) in [6.07, 6.45) is 2.79. The minimum absolute atomic E-state index is 0.0177. The molecule has 0 aromatic heterocycles. The Balaban J connectivity index is 1.95. The van der Waals surface area contributed by atoms with Crippen LogP contribution >= 0.6 is 11.6 Å². The van der Waals surface area contributed by atoms with Crippen molar-refractivity contribution in [1.82, 2.24) is 0 Å². The highest BCUT2D eigenvalue weighted by atomic mass is 35.5. The lowest BCUT2D eigenvalue weighted by atomic mass is 9.91. The number of halogens is 1. The van der Waals surface area contributed by atoms with Gasteiger partial charge in [0, 0.05) is 13.0 Å². The number of benzene rings is 1. The second-order valence-electron chi connectivity index (χ2n) is 5.04. The van der Waals surface area contributed by atoms with Gasteiger partial charge in [-0.15, -0.1) is 11.6 Å². The third-order valence-electron chi connectivity index (χ3n) is 3.28. The molecule has 0 amide bonds. The average Bonchev–Trinajstić information content (AvgIpc) is 2.46. The summed E-state index contributed by atoms with van der Waals surface area (Å²) >= 11 is 6.20. The standard InChI is InChI=1S/C16H23ClO3/c1-3-9-18-13-7-5-6-8-14(13)20-15-11-12(17)16(15)19-10-4-2/h5-8,12,15-16H,3-4,9-11H2,1-2H3. The van der Waals surface area contributed by atoms with Gasteiger partial charge in [0.15, 0.2) is 11.5 Å². The van der Waals surface area contributed by atoms with Crippen molar-refractivity contribution in [2.45, 2.75) is 50.7 Å². The molecule has 0 heterocycles. The van der Waals surface area contributed by atoms with Crippen LogP contribution in [0.4, 0.5) is 0 Å². The monoisotopic (exact) mass is 298 g/mol. The highest BCUT2D eigenvalue weighted by molar-refractivity contribution is 6.21. The molecule has 1 aliphatic carbocycles. The summed E-state index contributed by atoms with van der Waals surface area (Å²) in [5, 5.41) is 0.0512. The highest BCUT2D eigenvalue weighted by Crippen LogP contribution is 2.36. The Kier molecular flexibility index (Phi) is 5.99. The van der Waals surface area contributed by atoms with Gasteiger partial charge in [-0.1, -0.05) is 26.0 Å². The van der Waals surface area contributed by atoms with E-state index in [0.29, 0.717) is 6.61 Å². The van der Waals surface area contributed by atoms with Gasteiger partial charge in [-0.05, 0) is 25.0 Å². The summed E-state index contributed by atoms with van der Waals surface area (Å²) in [7, 11) is 0. The van der Waals surface area contributed by atoms with E-state index in [9.17, 15) is 0 Å². The van der Waals surface area contributed by atoms with Crippen molar-refractivity contribution >= 4 is 11.6 Å². The van der Waals surface area contributed by atoms with Crippen LogP contribution in [0.25, 0.3) is 0 Å². The lowest BCUT2D eigenvalue weighted by Gasteiger charge is -2.40. The van der Waals surface area contributed by atoms with E-state index in [2.05, 4.69) is 13.8 Å². The van der Waals surface area contributed by atoms with Crippen LogP contribution in [-0.4, -0.2) is 30.8 Å². The Bertz CT molecular complexity index is 410. The third-order valence-corrected chi connectivity index (χ3v) is 3.71. The fraction of sp³-hybridized carbons (Fsp3) is 0.625. The first kappa shape index (κ1) is 15.5. The molecule has 1 saturated carbocycles. The van der Waals surface area contributed by atoms with E-state index in [-0.39, 0.29) is 17.6 Å². The van der Waals surface area contributed by atoms with Crippen LogP contribution in [0.1, 0.15) is 33.1 Å². The van der Waals surface area contributed by atoms with Crippen molar-refractivity contribution in [3.05, 3.63) is 24.3 Å². The van der Waals surface area contributed by atoms with E-state index in [1.54, 1.807) is 0 Å². The van der Waals surface area contributed by atoms with Gasteiger partial charge in [-0.25, -0.2) is 0 Å². The smallest absolute Gasteiger partial charge is 0.161 e. The molecule has 4 heteroatoms. The molecule has 1 fully saturated rings. The maximum Gasteiger partial charge on any atom is 0.161 e. The van der Waals surface area contributed by atoms with Crippen LogP contribution < -0.4 is 9.47 Å². The van der Waals surface area contributed by atoms with Crippen LogP contribution in [-0.2, 0) is 4.74 Å². The molecule has 20 heavy (non-hydrogen) atoms. The Morgan fingerprint density at radius 3 is 2.45 bits per heavy atom. The molecule has 0 spiro atoms. The quantitative estimate of drug-likeness (QED) is 0.678. The van der Waals surface area contributed by atoms with Gasteiger partial charge < -0.3 is 14.2 Å². The Labute approximate surface area is 126 Å². The summed E-state index contributed by atoms with van der Waals surface area (Å²) in [5.41, 5.74) is 0. The lowest BCUT2D eigenvalue weighted by Crippen LogP contribution is -2.52. The molecule has 0 bridgehead atoms. The van der Waals surface area contributed by atoms with Crippen LogP contribution in [0.5, 0.6) is 11.5 Å². The third kappa shape index (κ3) is 3.80. The van der Waals surface area contributed by atoms with Gasteiger partial charge in [0.05, 0.1) is 12.0 Å². The maximum absolute atomic E-state index is 6.20. The molecule has 0 radical (unpaired) electrons. The molecule has 3 atom stereocenters. The van der Waals surface area contributed by atoms with Gasteiger partial charge in [0.1, 0.15) is 12.2 Å². The zero-order valence-electron chi connectivity index (χ0n) is 12.2. The highest BCUT2D eigenvalue weighted by Gasteiger charge is 2.43. The summed E-state index contributed by atoms with van der Waals surface area (Å²) in [6.45, 7) is 5.59. The van der Waals surface area contributed by atoms with Crippen LogP contribution in [0.15, 0.2) is 24.3 Å². The topological polar surface area (TPSA) is 27.7 Å². The molecular formula is C16H23ClO3. The Hall–Kier alpha value is -0.930. The molecule has 0 N–H and O–H groups in total. The SMILES string of the molecule is CCCOc1ccccc1OC1CC(Cl)C1OCCC. The van der Waals surface area contributed by atoms with Gasteiger partial charge in [0.25, 0.3) is 0 Å². The normalized spacial score (nSPS) is 25.1. The summed E-state index contributed by atoms with van der Waals surface area (Å²) in [5.74, 6) is 1.57. The number of alkyl halides is 1. The predicted molar refractivity (Wildman–Crippen MR) is 80.9 cm³/mol. The molecule has 3 nitrogen and oxygen atoms in total. The number of para-hydroxylation sites is 2. The minimum atomic E-state index is -0.0177.